The summed E-state index contributed by atoms with van der Waals surface area (Å²) in [7, 11) is 1.62. The third-order valence-corrected chi connectivity index (χ3v) is 3.67. The highest BCUT2D eigenvalue weighted by Crippen LogP contribution is 2.33. The summed E-state index contributed by atoms with van der Waals surface area (Å²) in [6, 6.07) is 13.1. The molecule has 0 amide bonds. The second kappa shape index (κ2) is 6.97. The van der Waals surface area contributed by atoms with Gasteiger partial charge in [-0.3, -0.25) is 0 Å². The fourth-order valence-corrected chi connectivity index (χ4v) is 2.39. The quantitative estimate of drug-likeness (QED) is 0.873. The molecule has 0 aromatic heterocycles. The average Bonchev–Trinajstić information content (AvgIpc) is 2.48. The summed E-state index contributed by atoms with van der Waals surface area (Å²) in [4.78, 5) is 0. The van der Waals surface area contributed by atoms with E-state index in [9.17, 15) is 0 Å². The summed E-state index contributed by atoms with van der Waals surface area (Å²) in [5.41, 5.74) is 6.73. The molecule has 1 atom stereocenters. The molecule has 106 valence electrons. The number of rotatable bonds is 5. The molecule has 0 fully saturated rings. The molecular weight excluding hydrogens is 342 g/mol. The van der Waals surface area contributed by atoms with Gasteiger partial charge in [-0.15, -0.1) is 0 Å². The van der Waals surface area contributed by atoms with Crippen LogP contribution in [0.25, 0.3) is 0 Å². The van der Waals surface area contributed by atoms with E-state index in [0.717, 1.165) is 15.8 Å². The number of hydrogen-bond donors (Lipinski definition) is 1. The van der Waals surface area contributed by atoms with Gasteiger partial charge in [-0.2, -0.15) is 0 Å². The number of ether oxygens (including phenoxy) is 2. The van der Waals surface area contributed by atoms with E-state index < -0.39 is 0 Å². The first-order valence-electron chi connectivity index (χ1n) is 6.10. The maximum atomic E-state index is 6.14. The Balaban J connectivity index is 2.31. The number of para-hydroxylation sites is 1. The van der Waals surface area contributed by atoms with E-state index in [4.69, 9.17) is 26.8 Å². The molecule has 2 aromatic rings. The van der Waals surface area contributed by atoms with Gasteiger partial charge in [0.25, 0.3) is 0 Å². The van der Waals surface area contributed by atoms with E-state index >= 15 is 0 Å². The van der Waals surface area contributed by atoms with Crippen LogP contribution in [0.3, 0.4) is 0 Å². The van der Waals surface area contributed by atoms with Gasteiger partial charge in [-0.25, -0.2) is 0 Å². The van der Waals surface area contributed by atoms with Crippen molar-refractivity contribution < 1.29 is 9.47 Å². The van der Waals surface area contributed by atoms with Gasteiger partial charge in [0.05, 0.1) is 12.1 Å². The zero-order valence-electron chi connectivity index (χ0n) is 11.0. The van der Waals surface area contributed by atoms with Crippen LogP contribution in [0.1, 0.15) is 11.7 Å². The third-order valence-electron chi connectivity index (χ3n) is 2.86. The third kappa shape index (κ3) is 3.45. The zero-order valence-corrected chi connectivity index (χ0v) is 13.3. The van der Waals surface area contributed by atoms with E-state index in [1.807, 2.05) is 36.4 Å². The van der Waals surface area contributed by atoms with Crippen molar-refractivity contribution in [1.29, 1.82) is 0 Å². The molecule has 3 nitrogen and oxygen atoms in total. The highest BCUT2D eigenvalue weighted by molar-refractivity contribution is 9.10. The van der Waals surface area contributed by atoms with Crippen molar-refractivity contribution in [2.24, 2.45) is 5.73 Å². The Morgan fingerprint density at radius 3 is 2.65 bits per heavy atom. The number of benzene rings is 2. The van der Waals surface area contributed by atoms with Gasteiger partial charge >= 0.3 is 0 Å². The maximum Gasteiger partial charge on any atom is 0.140 e. The van der Waals surface area contributed by atoms with Crippen molar-refractivity contribution in [2.75, 3.05) is 13.7 Å². The number of halogens is 2. The molecule has 2 N–H and O–H groups in total. The van der Waals surface area contributed by atoms with Gasteiger partial charge in [-0.05, 0) is 24.3 Å². The first-order chi connectivity index (χ1) is 9.65. The van der Waals surface area contributed by atoms with Crippen molar-refractivity contribution in [2.45, 2.75) is 6.10 Å². The molecule has 0 bridgehead atoms. The van der Waals surface area contributed by atoms with Crippen molar-refractivity contribution in [3.8, 4) is 11.5 Å². The van der Waals surface area contributed by atoms with E-state index in [1.165, 1.54) is 0 Å². The molecule has 5 heteroatoms. The monoisotopic (exact) mass is 355 g/mol. The van der Waals surface area contributed by atoms with Gasteiger partial charge in [0.2, 0.25) is 0 Å². The van der Waals surface area contributed by atoms with Crippen LogP contribution >= 0.6 is 27.5 Å². The molecule has 0 saturated heterocycles. The summed E-state index contributed by atoms with van der Waals surface area (Å²) in [5.74, 6) is 1.33. The van der Waals surface area contributed by atoms with E-state index in [0.29, 0.717) is 17.3 Å². The number of hydrogen-bond acceptors (Lipinski definition) is 3. The Hall–Kier alpha value is -1.23. The molecule has 1 unspecified atom stereocenters. The van der Waals surface area contributed by atoms with Crippen LogP contribution in [0.5, 0.6) is 11.5 Å². The topological polar surface area (TPSA) is 44.5 Å². The average molecular weight is 357 g/mol. The van der Waals surface area contributed by atoms with Crippen LogP contribution < -0.4 is 15.2 Å². The lowest BCUT2D eigenvalue weighted by molar-refractivity contribution is 0.209. The Kier molecular flexibility index (Phi) is 5.29. The highest BCUT2D eigenvalue weighted by Gasteiger charge is 2.17. The highest BCUT2D eigenvalue weighted by atomic mass is 79.9. The SMILES string of the molecule is COc1ccccc1C(CN)Oc1cc(Br)ccc1Cl. The van der Waals surface area contributed by atoms with Crippen molar-refractivity contribution in [3.63, 3.8) is 0 Å². The first kappa shape index (κ1) is 15.2. The lowest BCUT2D eigenvalue weighted by Crippen LogP contribution is -2.19. The summed E-state index contributed by atoms with van der Waals surface area (Å²) < 4.78 is 12.2. The van der Waals surface area contributed by atoms with E-state index in [1.54, 1.807) is 13.2 Å². The molecule has 0 aliphatic heterocycles. The van der Waals surface area contributed by atoms with Crippen molar-refractivity contribution in [1.82, 2.24) is 0 Å². The summed E-state index contributed by atoms with van der Waals surface area (Å²) in [5, 5.41) is 0.543. The number of nitrogens with two attached hydrogens (primary N) is 1. The smallest absolute Gasteiger partial charge is 0.140 e. The lowest BCUT2D eigenvalue weighted by Gasteiger charge is -2.20. The molecular formula is C15H15BrClNO2. The van der Waals surface area contributed by atoms with Crippen molar-refractivity contribution in [3.05, 3.63) is 57.5 Å². The van der Waals surface area contributed by atoms with Gasteiger partial charge < -0.3 is 15.2 Å². The minimum atomic E-state index is -0.321. The molecule has 0 radical (unpaired) electrons. The van der Waals surface area contributed by atoms with Crippen LogP contribution in [0.4, 0.5) is 0 Å². The standard InChI is InChI=1S/C15H15BrClNO2/c1-19-13-5-3-2-4-11(13)15(9-18)20-14-8-10(16)6-7-12(14)17/h2-8,15H,9,18H2,1H3. The van der Waals surface area contributed by atoms with Crippen LogP contribution in [-0.4, -0.2) is 13.7 Å². The molecule has 0 spiro atoms. The summed E-state index contributed by atoms with van der Waals surface area (Å²) in [6.45, 7) is 0.323. The zero-order chi connectivity index (χ0) is 14.5. The van der Waals surface area contributed by atoms with Crippen LogP contribution in [0.2, 0.25) is 5.02 Å². The predicted molar refractivity (Wildman–Crippen MR) is 84.6 cm³/mol. The largest absolute Gasteiger partial charge is 0.496 e. The summed E-state index contributed by atoms with van der Waals surface area (Å²) >= 11 is 9.54. The van der Waals surface area contributed by atoms with Gasteiger partial charge in [0, 0.05) is 16.6 Å². The first-order valence-corrected chi connectivity index (χ1v) is 7.27. The number of methoxy groups -OCH3 is 1. The minimum Gasteiger partial charge on any atom is -0.496 e. The molecule has 2 aromatic carbocycles. The van der Waals surface area contributed by atoms with Gasteiger partial charge in [0.1, 0.15) is 17.6 Å². The van der Waals surface area contributed by atoms with E-state index in [-0.39, 0.29) is 6.10 Å². The fourth-order valence-electron chi connectivity index (χ4n) is 1.89. The second-order valence-electron chi connectivity index (χ2n) is 4.16. The molecule has 0 aliphatic rings. The summed E-state index contributed by atoms with van der Waals surface area (Å²) in [6.07, 6.45) is -0.321. The fraction of sp³-hybridized carbons (Fsp3) is 0.200. The molecule has 2 rings (SSSR count). The Morgan fingerprint density at radius 1 is 1.20 bits per heavy atom. The van der Waals surface area contributed by atoms with Crippen LogP contribution in [0, 0.1) is 0 Å². The second-order valence-corrected chi connectivity index (χ2v) is 5.48. The van der Waals surface area contributed by atoms with Crippen LogP contribution in [-0.2, 0) is 0 Å². The molecule has 0 saturated carbocycles. The van der Waals surface area contributed by atoms with Gasteiger partial charge in [-0.1, -0.05) is 45.7 Å². The molecule has 20 heavy (non-hydrogen) atoms. The Bertz CT molecular complexity index is 592. The Morgan fingerprint density at radius 2 is 1.95 bits per heavy atom. The Labute approximate surface area is 131 Å². The predicted octanol–water partition coefficient (Wildman–Crippen LogP) is 4.19. The van der Waals surface area contributed by atoms with Gasteiger partial charge in [0.15, 0.2) is 0 Å². The van der Waals surface area contributed by atoms with Crippen LogP contribution in [0.15, 0.2) is 46.9 Å². The normalized spacial score (nSPS) is 12.0. The van der Waals surface area contributed by atoms with E-state index in [2.05, 4.69) is 15.9 Å². The molecule has 0 heterocycles. The maximum absolute atomic E-state index is 6.14. The minimum absolute atomic E-state index is 0.321. The molecule has 0 aliphatic carbocycles. The lowest BCUT2D eigenvalue weighted by atomic mass is 10.1. The van der Waals surface area contributed by atoms with Crippen molar-refractivity contribution >= 4 is 27.5 Å².